The molecule has 0 atom stereocenters. The average Bonchev–Trinajstić information content (AvgIpc) is 3.59. The predicted octanol–water partition coefficient (Wildman–Crippen LogP) is 5.99. The van der Waals surface area contributed by atoms with Gasteiger partial charge in [0.2, 0.25) is 20.0 Å². The number of methoxy groups -OCH3 is 2. The largest absolute Gasteiger partial charge is 0.493 e. The number of amides is 1. The molecule has 5 rings (SSSR count). The number of furan rings is 1. The Hall–Kier alpha value is -4.99. The van der Waals surface area contributed by atoms with E-state index in [4.69, 9.17) is 25.5 Å². The lowest BCUT2D eigenvalue weighted by molar-refractivity contribution is -0.121. The second kappa shape index (κ2) is 17.0. The van der Waals surface area contributed by atoms with E-state index in [1.54, 1.807) is 91.0 Å². The minimum absolute atomic E-state index is 0.0548. The number of hydrogen-bond acceptors (Lipinski definition) is 9. The fourth-order valence-electron chi connectivity index (χ4n) is 5.10. The number of hydrogen-bond donors (Lipinski definition) is 1. The third kappa shape index (κ3) is 9.66. The topological polar surface area (TPSA) is 148 Å². The molecule has 1 amide bonds. The molecule has 1 aromatic heterocycles. The van der Waals surface area contributed by atoms with Crippen LogP contribution in [0, 0.1) is 6.92 Å². The third-order valence-corrected chi connectivity index (χ3v) is 11.7. The van der Waals surface area contributed by atoms with Crippen LogP contribution >= 0.6 is 11.6 Å². The summed E-state index contributed by atoms with van der Waals surface area (Å²) in [5.74, 6) is 0.421. The summed E-state index contributed by atoms with van der Waals surface area (Å²) in [6, 6.07) is 29.7. The molecule has 0 aliphatic rings. The van der Waals surface area contributed by atoms with Gasteiger partial charge in [0.15, 0.2) is 11.5 Å². The van der Waals surface area contributed by atoms with E-state index in [-0.39, 0.29) is 40.9 Å². The van der Waals surface area contributed by atoms with E-state index < -0.39 is 32.5 Å². The first-order chi connectivity index (χ1) is 24.9. The van der Waals surface area contributed by atoms with Crippen molar-refractivity contribution < 1.29 is 35.5 Å². The van der Waals surface area contributed by atoms with Crippen LogP contribution in [0.4, 0.5) is 0 Å². The summed E-state index contributed by atoms with van der Waals surface area (Å²) >= 11 is 6.04. The van der Waals surface area contributed by atoms with Crippen LogP contribution in [0.3, 0.4) is 0 Å². The van der Waals surface area contributed by atoms with Gasteiger partial charge in [-0.15, -0.1) is 0 Å². The molecule has 5 aromatic rings. The lowest BCUT2D eigenvalue weighted by atomic mass is 10.2. The number of carbonyl (C=O) groups excluding carboxylic acids is 1. The minimum atomic E-state index is -4.19. The second-order valence-corrected chi connectivity index (χ2v) is 15.9. The van der Waals surface area contributed by atoms with Gasteiger partial charge in [-0.1, -0.05) is 71.8 Å². The van der Waals surface area contributed by atoms with E-state index in [1.807, 2.05) is 6.92 Å². The molecule has 0 unspecified atom stereocenters. The Morgan fingerprint density at radius 3 is 2.04 bits per heavy atom. The Labute approximate surface area is 308 Å². The fraction of sp³-hybridized carbons (Fsp3) is 0.189. The molecule has 0 aliphatic heterocycles. The van der Waals surface area contributed by atoms with Crippen LogP contribution in [0.25, 0.3) is 0 Å². The molecular weight excluding hydrogens is 728 g/mol. The highest BCUT2D eigenvalue weighted by Crippen LogP contribution is 2.31. The Bertz CT molecular complexity index is 2230. The molecule has 1 heterocycles. The second-order valence-electron chi connectivity index (χ2n) is 11.6. The van der Waals surface area contributed by atoms with Crippen molar-refractivity contribution in [2.75, 3.05) is 20.8 Å². The summed E-state index contributed by atoms with van der Waals surface area (Å²) in [6.07, 6.45) is 1.24. The highest BCUT2D eigenvalue weighted by Gasteiger charge is 2.29. The van der Waals surface area contributed by atoms with Crippen LogP contribution in [-0.2, 0) is 44.5 Å². The smallest absolute Gasteiger partial charge is 0.255 e. The maximum Gasteiger partial charge on any atom is 0.255 e. The van der Waals surface area contributed by atoms with E-state index >= 15 is 0 Å². The van der Waals surface area contributed by atoms with Crippen molar-refractivity contribution in [3.05, 3.63) is 142 Å². The van der Waals surface area contributed by atoms with Crippen molar-refractivity contribution in [3.8, 4) is 11.5 Å². The predicted molar refractivity (Wildman–Crippen MR) is 197 cm³/mol. The van der Waals surface area contributed by atoms with Gasteiger partial charge in [-0.3, -0.25) is 4.79 Å². The monoisotopic (exact) mass is 764 g/mol. The SMILES string of the molecule is COc1ccc(S(=O)(=O)N(CC(=O)N/N=C\c2ccc(CN(Cc3ccc(Cl)cc3)S(=O)(=O)c3ccc(C)cc3)o2)Cc2ccccc2)cc1OC. The van der Waals surface area contributed by atoms with E-state index in [9.17, 15) is 21.6 Å². The third-order valence-electron chi connectivity index (χ3n) is 7.84. The number of hydrazone groups is 1. The van der Waals surface area contributed by atoms with E-state index in [0.29, 0.717) is 22.1 Å². The molecule has 0 saturated heterocycles. The van der Waals surface area contributed by atoms with Crippen molar-refractivity contribution >= 4 is 43.8 Å². The standard InChI is InChI=1S/C37H37ClN4O8S2/c1-27-9-17-33(18-10-27)51(44,45)41(24-29-11-13-30(38)14-12-29)25-32-16-15-31(50-32)22-39-40-37(43)26-42(23-28-7-5-4-6-8-28)52(46,47)34-19-20-35(48-2)36(21-34)49-3/h4-22H,23-26H2,1-3H3,(H,40,43)/b39-22-. The summed E-state index contributed by atoms with van der Waals surface area (Å²) in [7, 11) is -5.29. The molecule has 272 valence electrons. The van der Waals surface area contributed by atoms with Gasteiger partial charge in [0, 0.05) is 24.2 Å². The van der Waals surface area contributed by atoms with E-state index in [2.05, 4.69) is 10.5 Å². The number of nitrogens with zero attached hydrogens (tertiary/aromatic N) is 3. The van der Waals surface area contributed by atoms with E-state index in [0.717, 1.165) is 15.4 Å². The number of rotatable bonds is 16. The summed E-state index contributed by atoms with van der Waals surface area (Å²) in [6.45, 7) is 1.19. The van der Waals surface area contributed by atoms with Gasteiger partial charge in [0.25, 0.3) is 5.91 Å². The summed E-state index contributed by atoms with van der Waals surface area (Å²) in [5, 5.41) is 4.49. The number of ether oxygens (including phenoxy) is 2. The molecule has 52 heavy (non-hydrogen) atoms. The molecule has 0 aliphatic carbocycles. The van der Waals surface area contributed by atoms with E-state index in [1.165, 1.54) is 42.9 Å². The molecule has 12 nitrogen and oxygen atoms in total. The van der Waals surface area contributed by atoms with Crippen molar-refractivity contribution in [1.29, 1.82) is 0 Å². The normalized spacial score (nSPS) is 12.0. The zero-order valence-electron chi connectivity index (χ0n) is 28.6. The van der Waals surface area contributed by atoms with Gasteiger partial charge in [-0.2, -0.15) is 13.7 Å². The number of benzene rings is 4. The first-order valence-electron chi connectivity index (χ1n) is 15.9. The minimum Gasteiger partial charge on any atom is -0.493 e. The summed E-state index contributed by atoms with van der Waals surface area (Å²) < 4.78 is 73.7. The maximum atomic E-state index is 13.8. The van der Waals surface area contributed by atoms with Crippen molar-refractivity contribution in [2.45, 2.75) is 36.3 Å². The van der Waals surface area contributed by atoms with Gasteiger partial charge in [0.1, 0.15) is 11.5 Å². The van der Waals surface area contributed by atoms with Gasteiger partial charge < -0.3 is 13.9 Å². The molecule has 0 bridgehead atoms. The molecule has 15 heteroatoms. The number of nitrogens with one attached hydrogen (secondary N) is 1. The average molecular weight is 765 g/mol. The van der Waals surface area contributed by atoms with Gasteiger partial charge in [-0.25, -0.2) is 22.3 Å². The van der Waals surface area contributed by atoms with Crippen LogP contribution in [0.5, 0.6) is 11.5 Å². The van der Waals surface area contributed by atoms with Gasteiger partial charge >= 0.3 is 0 Å². The number of carbonyl (C=O) groups is 1. The number of aryl methyl sites for hydroxylation is 1. The van der Waals surface area contributed by atoms with Crippen LogP contribution in [0.15, 0.2) is 129 Å². The lowest BCUT2D eigenvalue weighted by Gasteiger charge is -2.22. The lowest BCUT2D eigenvalue weighted by Crippen LogP contribution is -2.39. The van der Waals surface area contributed by atoms with Crippen LogP contribution < -0.4 is 14.9 Å². The van der Waals surface area contributed by atoms with Crippen molar-refractivity contribution in [3.63, 3.8) is 0 Å². The Morgan fingerprint density at radius 2 is 1.37 bits per heavy atom. The molecule has 0 saturated carbocycles. The fourth-order valence-corrected chi connectivity index (χ4v) is 8.02. The zero-order chi connectivity index (χ0) is 37.3. The van der Waals surface area contributed by atoms with Crippen LogP contribution in [-0.4, -0.2) is 58.3 Å². The molecule has 1 N–H and O–H groups in total. The Kier molecular flexibility index (Phi) is 12.5. The molecule has 0 fully saturated rings. The molecule has 0 radical (unpaired) electrons. The first kappa shape index (κ1) is 38.2. The van der Waals surface area contributed by atoms with Gasteiger partial charge in [-0.05, 0) is 66.6 Å². The van der Waals surface area contributed by atoms with Gasteiger partial charge in [0.05, 0.1) is 43.3 Å². The highest BCUT2D eigenvalue weighted by molar-refractivity contribution is 7.89. The molecule has 4 aromatic carbocycles. The van der Waals surface area contributed by atoms with Crippen LogP contribution in [0.1, 0.15) is 28.2 Å². The number of halogens is 1. The summed E-state index contributed by atoms with van der Waals surface area (Å²) in [5.41, 5.74) is 4.67. The van der Waals surface area contributed by atoms with Crippen LogP contribution in [0.2, 0.25) is 5.02 Å². The quantitative estimate of drug-likeness (QED) is 0.0952. The number of sulfonamides is 2. The van der Waals surface area contributed by atoms with Crippen molar-refractivity contribution in [2.24, 2.45) is 5.10 Å². The Morgan fingerprint density at radius 1 is 0.750 bits per heavy atom. The molecule has 0 spiro atoms. The maximum absolute atomic E-state index is 13.8. The molecular formula is C37H37ClN4O8S2. The Balaban J connectivity index is 1.30. The first-order valence-corrected chi connectivity index (χ1v) is 19.1. The summed E-state index contributed by atoms with van der Waals surface area (Å²) in [4.78, 5) is 13.1. The highest BCUT2D eigenvalue weighted by atomic mass is 35.5. The van der Waals surface area contributed by atoms with Crippen molar-refractivity contribution in [1.82, 2.24) is 14.0 Å². The zero-order valence-corrected chi connectivity index (χ0v) is 31.0.